The molecule has 0 fully saturated rings. The predicted molar refractivity (Wildman–Crippen MR) is 178 cm³/mol. The lowest BCUT2D eigenvalue weighted by atomic mass is 9.96. The van der Waals surface area contributed by atoms with Crippen LogP contribution in [-0.2, 0) is 0 Å². The Balaban J connectivity index is 1.30. The summed E-state index contributed by atoms with van der Waals surface area (Å²) in [6.45, 7) is 0. The van der Waals surface area contributed by atoms with Gasteiger partial charge in [-0.05, 0) is 28.6 Å². The second kappa shape index (κ2) is 10.7. The van der Waals surface area contributed by atoms with E-state index in [2.05, 4.69) is 72.8 Å². The van der Waals surface area contributed by atoms with E-state index in [1.165, 1.54) is 15.5 Å². The molecule has 0 saturated heterocycles. The van der Waals surface area contributed by atoms with Gasteiger partial charge >= 0.3 is 0 Å². The summed E-state index contributed by atoms with van der Waals surface area (Å²) >= 11 is 1.74. The van der Waals surface area contributed by atoms with Gasteiger partial charge < -0.3 is 0 Å². The Kier molecular flexibility index (Phi) is 6.28. The van der Waals surface area contributed by atoms with Gasteiger partial charge in [-0.3, -0.25) is 0 Å². The fraction of sp³-hybridized carbons (Fsp3) is 0. The molecule has 6 aromatic carbocycles. The topological polar surface area (TPSA) is 51.6 Å². The quantitative estimate of drug-likeness (QED) is 0.207. The lowest BCUT2D eigenvalue weighted by Gasteiger charge is -2.12. The molecule has 4 nitrogen and oxygen atoms in total. The maximum absolute atomic E-state index is 5.00. The number of benzene rings is 6. The van der Waals surface area contributed by atoms with E-state index in [0.29, 0.717) is 17.5 Å². The number of nitrogens with zero attached hydrogens (tertiary/aromatic N) is 4. The van der Waals surface area contributed by atoms with E-state index in [1.54, 1.807) is 11.3 Å². The summed E-state index contributed by atoms with van der Waals surface area (Å²) in [5, 5.41) is 3.41. The van der Waals surface area contributed by atoms with Crippen molar-refractivity contribution in [2.24, 2.45) is 0 Å². The Morgan fingerprint density at radius 3 is 1.58 bits per heavy atom. The van der Waals surface area contributed by atoms with Gasteiger partial charge in [-0.25, -0.2) is 19.9 Å². The van der Waals surface area contributed by atoms with E-state index >= 15 is 0 Å². The molecule has 0 aliphatic rings. The maximum atomic E-state index is 5.00. The number of hydrogen-bond acceptors (Lipinski definition) is 5. The highest BCUT2D eigenvalue weighted by atomic mass is 32.1. The first kappa shape index (κ1) is 25.2. The van der Waals surface area contributed by atoms with Crippen molar-refractivity contribution in [3.8, 4) is 55.9 Å². The number of thiazole rings is 1. The van der Waals surface area contributed by atoms with Crippen LogP contribution in [-0.4, -0.2) is 19.9 Å². The molecule has 0 bridgehead atoms. The number of hydrogen-bond donors (Lipinski definition) is 0. The first-order valence-electron chi connectivity index (χ1n) is 14.2. The van der Waals surface area contributed by atoms with Crippen molar-refractivity contribution in [3.63, 3.8) is 0 Å². The third-order valence-corrected chi connectivity index (χ3v) is 8.72. The minimum Gasteiger partial charge on any atom is -0.236 e. The molecule has 0 N–H and O–H groups in total. The summed E-state index contributed by atoms with van der Waals surface area (Å²) in [5.41, 5.74) is 7.18. The first-order chi connectivity index (χ1) is 21.3. The van der Waals surface area contributed by atoms with E-state index < -0.39 is 0 Å². The number of rotatable bonds is 5. The third kappa shape index (κ3) is 4.76. The molecule has 0 aliphatic heterocycles. The Morgan fingerprint density at radius 2 is 0.930 bits per heavy atom. The van der Waals surface area contributed by atoms with E-state index in [9.17, 15) is 0 Å². The summed E-state index contributed by atoms with van der Waals surface area (Å²) < 4.78 is 1.19. The minimum atomic E-state index is 0.644. The van der Waals surface area contributed by atoms with Gasteiger partial charge in [0, 0.05) is 27.6 Å². The molecule has 8 aromatic rings. The molecule has 0 saturated carbocycles. The Hall–Kier alpha value is -5.52. The van der Waals surface area contributed by atoms with Gasteiger partial charge in [0.05, 0.1) is 10.2 Å². The van der Waals surface area contributed by atoms with Crippen LogP contribution in [0.15, 0.2) is 146 Å². The average molecular weight is 569 g/mol. The van der Waals surface area contributed by atoms with E-state index in [4.69, 9.17) is 19.9 Å². The van der Waals surface area contributed by atoms with Crippen LogP contribution in [0, 0.1) is 0 Å². The van der Waals surface area contributed by atoms with Crippen molar-refractivity contribution in [3.05, 3.63) is 146 Å². The van der Waals surface area contributed by atoms with E-state index in [1.807, 2.05) is 72.8 Å². The van der Waals surface area contributed by atoms with Crippen LogP contribution in [0.25, 0.3) is 76.9 Å². The highest BCUT2D eigenvalue weighted by Gasteiger charge is 2.16. The smallest absolute Gasteiger partial charge is 0.164 e. The molecule has 43 heavy (non-hydrogen) atoms. The highest BCUT2D eigenvalue weighted by Crippen LogP contribution is 2.38. The lowest BCUT2D eigenvalue weighted by molar-refractivity contribution is 1.07. The zero-order chi connectivity index (χ0) is 28.6. The molecule has 0 unspecified atom stereocenters. The summed E-state index contributed by atoms with van der Waals surface area (Å²) in [4.78, 5) is 19.9. The Labute approximate surface area is 253 Å². The van der Waals surface area contributed by atoms with Crippen LogP contribution in [0.4, 0.5) is 0 Å². The largest absolute Gasteiger partial charge is 0.236 e. The third-order valence-electron chi connectivity index (χ3n) is 7.57. The Morgan fingerprint density at radius 1 is 0.395 bits per heavy atom. The number of fused-ring (bicyclic) bond motifs is 3. The van der Waals surface area contributed by atoms with E-state index in [0.717, 1.165) is 43.9 Å². The molecule has 5 heteroatoms. The van der Waals surface area contributed by atoms with Crippen molar-refractivity contribution >= 4 is 32.3 Å². The van der Waals surface area contributed by atoms with Crippen molar-refractivity contribution in [1.82, 2.24) is 19.9 Å². The molecule has 202 valence electrons. The summed E-state index contributed by atoms with van der Waals surface area (Å²) in [6.07, 6.45) is 0. The van der Waals surface area contributed by atoms with Gasteiger partial charge in [0.15, 0.2) is 17.5 Å². The van der Waals surface area contributed by atoms with Gasteiger partial charge in [-0.1, -0.05) is 133 Å². The van der Waals surface area contributed by atoms with Crippen LogP contribution in [0.2, 0.25) is 0 Å². The maximum Gasteiger partial charge on any atom is 0.164 e. The first-order valence-corrected chi connectivity index (χ1v) is 15.0. The summed E-state index contributed by atoms with van der Waals surface area (Å²) in [6, 6.07) is 49.8. The van der Waals surface area contributed by atoms with Gasteiger partial charge in [0.1, 0.15) is 5.01 Å². The van der Waals surface area contributed by atoms with Gasteiger partial charge in [0.2, 0.25) is 0 Å². The van der Waals surface area contributed by atoms with Crippen LogP contribution < -0.4 is 0 Å². The minimum absolute atomic E-state index is 0.644. The molecular weight excluding hydrogens is 545 g/mol. The zero-order valence-corrected chi connectivity index (χ0v) is 23.9. The summed E-state index contributed by atoms with van der Waals surface area (Å²) in [7, 11) is 0. The molecule has 2 heterocycles. The molecule has 8 rings (SSSR count). The second-order valence-electron chi connectivity index (χ2n) is 10.3. The van der Waals surface area contributed by atoms with Crippen molar-refractivity contribution < 1.29 is 0 Å². The van der Waals surface area contributed by atoms with Gasteiger partial charge in [-0.15, -0.1) is 11.3 Å². The zero-order valence-electron chi connectivity index (χ0n) is 23.1. The van der Waals surface area contributed by atoms with Crippen molar-refractivity contribution in [2.45, 2.75) is 0 Å². The monoisotopic (exact) mass is 568 g/mol. The molecule has 2 aromatic heterocycles. The van der Waals surface area contributed by atoms with Crippen LogP contribution in [0.1, 0.15) is 0 Å². The Bertz CT molecular complexity index is 2170. The normalized spacial score (nSPS) is 11.3. The van der Waals surface area contributed by atoms with Gasteiger partial charge in [-0.2, -0.15) is 0 Å². The van der Waals surface area contributed by atoms with Gasteiger partial charge in [0.25, 0.3) is 0 Å². The standard InChI is InChI=1S/C38H24N4S/c1-4-12-26(13-5-1)35-40-36(27-14-6-2-7-15-27)42-37(41-35)31-19-11-10-18-30(31)29-21-20-25-22-23-33-34(32(25)24-29)43-38(39-33)28-16-8-3-9-17-28/h1-24H. The summed E-state index contributed by atoms with van der Waals surface area (Å²) in [5.74, 6) is 1.95. The highest BCUT2D eigenvalue weighted by molar-refractivity contribution is 7.22. The fourth-order valence-corrected chi connectivity index (χ4v) is 6.53. The second-order valence-corrected chi connectivity index (χ2v) is 11.3. The molecule has 0 amide bonds. The van der Waals surface area contributed by atoms with Crippen LogP contribution >= 0.6 is 11.3 Å². The lowest BCUT2D eigenvalue weighted by Crippen LogP contribution is -2.01. The molecule has 0 radical (unpaired) electrons. The van der Waals surface area contributed by atoms with E-state index in [-0.39, 0.29) is 0 Å². The predicted octanol–water partition coefficient (Wildman–Crippen LogP) is 9.97. The average Bonchev–Trinajstić information content (AvgIpc) is 3.54. The SMILES string of the molecule is c1ccc(-c2nc(-c3ccccc3)nc(-c3ccccc3-c3ccc4ccc5nc(-c6ccccc6)sc5c4c3)n2)cc1. The molecular formula is C38H24N4S. The molecule has 0 spiro atoms. The van der Waals surface area contributed by atoms with Crippen LogP contribution in [0.5, 0.6) is 0 Å². The molecule has 0 aliphatic carbocycles. The fourth-order valence-electron chi connectivity index (χ4n) is 5.44. The van der Waals surface area contributed by atoms with Crippen molar-refractivity contribution in [1.29, 1.82) is 0 Å². The number of aromatic nitrogens is 4. The molecule has 0 atom stereocenters. The van der Waals surface area contributed by atoms with Crippen LogP contribution in [0.3, 0.4) is 0 Å². The van der Waals surface area contributed by atoms with Crippen molar-refractivity contribution in [2.75, 3.05) is 0 Å².